The van der Waals surface area contributed by atoms with Gasteiger partial charge in [-0.25, -0.2) is 19.4 Å². The van der Waals surface area contributed by atoms with Crippen molar-refractivity contribution in [2.24, 2.45) is 0 Å². The Morgan fingerprint density at radius 2 is 1.67 bits per heavy atom. The smallest absolute Gasteiger partial charge is 0.324 e. The van der Waals surface area contributed by atoms with Crippen molar-refractivity contribution in [1.82, 2.24) is 19.7 Å². The van der Waals surface area contributed by atoms with Gasteiger partial charge in [-0.1, -0.05) is 50.6 Å². The molecule has 5 aromatic rings. The van der Waals surface area contributed by atoms with Crippen molar-refractivity contribution >= 4 is 40.0 Å². The van der Waals surface area contributed by atoms with Crippen molar-refractivity contribution in [2.45, 2.75) is 33.1 Å². The second kappa shape index (κ2) is 11.6. The Bertz CT molecular complexity index is 1780. The largest absolute Gasteiger partial charge is 0.493 e. The van der Waals surface area contributed by atoms with Crippen LogP contribution in [0.4, 0.5) is 16.3 Å². The number of halogens is 1. The molecule has 42 heavy (non-hydrogen) atoms. The molecule has 0 atom stereocenters. The SMILES string of the molecule is COc1cc2ncnc(Oc3ccc(Cl)c(NC(=O)Nc4cc(C(C)(C)C)nn4-c4ccccc4C)c3)c2cc1OC. The third kappa shape index (κ3) is 5.94. The van der Waals surface area contributed by atoms with Crippen LogP contribution in [0.15, 0.2) is 67.0 Å². The molecule has 3 aromatic carbocycles. The molecule has 0 spiro atoms. The Morgan fingerprint density at radius 1 is 0.929 bits per heavy atom. The number of urea groups is 1. The Balaban J connectivity index is 1.41. The number of fused-ring (bicyclic) bond motifs is 1. The highest BCUT2D eigenvalue weighted by Gasteiger charge is 2.22. The number of carbonyl (C=O) groups excluding carboxylic acids is 1. The topological polar surface area (TPSA) is 112 Å². The number of nitrogens with one attached hydrogen (secondary N) is 2. The predicted molar refractivity (Wildman–Crippen MR) is 164 cm³/mol. The van der Waals surface area contributed by atoms with E-state index in [2.05, 4.69) is 41.4 Å². The molecule has 2 heterocycles. The fourth-order valence-corrected chi connectivity index (χ4v) is 4.47. The van der Waals surface area contributed by atoms with Gasteiger partial charge < -0.3 is 19.5 Å². The minimum Gasteiger partial charge on any atom is -0.493 e. The number of aromatic nitrogens is 4. The minimum atomic E-state index is -0.492. The Hall–Kier alpha value is -4.83. The summed E-state index contributed by atoms with van der Waals surface area (Å²) in [6.45, 7) is 8.20. The van der Waals surface area contributed by atoms with Crippen LogP contribution in [0.2, 0.25) is 5.02 Å². The first kappa shape index (κ1) is 28.7. The number of rotatable bonds is 7. The van der Waals surface area contributed by atoms with Crippen molar-refractivity contribution < 1.29 is 19.0 Å². The van der Waals surface area contributed by atoms with Gasteiger partial charge in [0.05, 0.1) is 47.2 Å². The van der Waals surface area contributed by atoms with Crippen molar-refractivity contribution in [1.29, 1.82) is 0 Å². The molecule has 5 rings (SSSR count). The van der Waals surface area contributed by atoms with Crippen LogP contribution in [0.5, 0.6) is 23.1 Å². The number of anilines is 2. The highest BCUT2D eigenvalue weighted by molar-refractivity contribution is 6.33. The van der Waals surface area contributed by atoms with E-state index in [0.29, 0.717) is 50.6 Å². The van der Waals surface area contributed by atoms with Gasteiger partial charge in [0.25, 0.3) is 0 Å². The molecule has 0 saturated heterocycles. The highest BCUT2D eigenvalue weighted by Crippen LogP contribution is 2.37. The van der Waals surface area contributed by atoms with Crippen molar-refractivity contribution in [3.63, 3.8) is 0 Å². The summed E-state index contributed by atoms with van der Waals surface area (Å²) < 4.78 is 18.6. The number of carbonyl (C=O) groups is 1. The third-order valence-corrected chi connectivity index (χ3v) is 6.90. The molecule has 0 aliphatic rings. The molecule has 0 aliphatic heterocycles. The number of benzene rings is 3. The van der Waals surface area contributed by atoms with Gasteiger partial charge in [-0.2, -0.15) is 5.10 Å². The lowest BCUT2D eigenvalue weighted by atomic mass is 9.92. The summed E-state index contributed by atoms with van der Waals surface area (Å²) in [4.78, 5) is 21.8. The predicted octanol–water partition coefficient (Wildman–Crippen LogP) is 7.53. The summed E-state index contributed by atoms with van der Waals surface area (Å²) in [7, 11) is 3.11. The first-order valence-corrected chi connectivity index (χ1v) is 13.5. The molecular weight excluding hydrogens is 556 g/mol. The number of hydrogen-bond donors (Lipinski definition) is 2. The Morgan fingerprint density at radius 3 is 2.38 bits per heavy atom. The third-order valence-electron chi connectivity index (χ3n) is 6.57. The Kier molecular flexibility index (Phi) is 7.91. The average Bonchev–Trinajstić information content (AvgIpc) is 3.38. The van der Waals surface area contributed by atoms with Gasteiger partial charge in [0.2, 0.25) is 5.88 Å². The molecule has 2 N–H and O–H groups in total. The van der Waals surface area contributed by atoms with E-state index in [1.54, 1.807) is 49.2 Å². The zero-order valence-corrected chi connectivity index (χ0v) is 24.9. The van der Waals surface area contributed by atoms with E-state index >= 15 is 0 Å². The number of para-hydroxylation sites is 1. The van der Waals surface area contributed by atoms with E-state index in [-0.39, 0.29) is 5.41 Å². The molecule has 216 valence electrons. The van der Waals surface area contributed by atoms with Crippen molar-refractivity contribution in [3.8, 4) is 28.8 Å². The molecule has 0 fully saturated rings. The van der Waals surface area contributed by atoms with Gasteiger partial charge >= 0.3 is 6.03 Å². The van der Waals surface area contributed by atoms with Crippen LogP contribution in [0.3, 0.4) is 0 Å². The van der Waals surface area contributed by atoms with Gasteiger partial charge in [-0.05, 0) is 36.8 Å². The standard InChI is InChI=1S/C31H31ClN6O4/c1-18-9-7-8-10-24(18)38-28(16-27(37-38)31(2,3)4)36-30(39)35-23-13-19(11-12-21(23)32)42-29-20-14-25(40-5)26(41-6)15-22(20)33-17-34-29/h7-17H,1-6H3,(H2,35,36,39). The van der Waals surface area contributed by atoms with Crippen LogP contribution >= 0.6 is 11.6 Å². The summed E-state index contributed by atoms with van der Waals surface area (Å²) in [6.07, 6.45) is 1.40. The maximum Gasteiger partial charge on any atom is 0.324 e. The lowest BCUT2D eigenvalue weighted by Crippen LogP contribution is -2.21. The van der Waals surface area contributed by atoms with Crippen LogP contribution in [-0.2, 0) is 5.41 Å². The Labute approximate surface area is 248 Å². The summed E-state index contributed by atoms with van der Waals surface area (Å²) in [5.74, 6) is 2.28. The first-order chi connectivity index (χ1) is 20.1. The van der Waals surface area contributed by atoms with Crippen LogP contribution in [0.1, 0.15) is 32.0 Å². The molecule has 11 heteroatoms. The number of nitrogens with zero attached hydrogens (tertiary/aromatic N) is 4. The van der Waals surface area contributed by atoms with Crippen LogP contribution in [0.25, 0.3) is 16.6 Å². The van der Waals surface area contributed by atoms with E-state index in [1.807, 2.05) is 37.3 Å². The van der Waals surface area contributed by atoms with E-state index in [0.717, 1.165) is 16.9 Å². The van der Waals surface area contributed by atoms with Gasteiger partial charge in [-0.3, -0.25) is 5.32 Å². The van der Waals surface area contributed by atoms with Gasteiger partial charge in [-0.15, -0.1) is 0 Å². The highest BCUT2D eigenvalue weighted by atomic mass is 35.5. The molecule has 0 unspecified atom stereocenters. The van der Waals surface area contributed by atoms with Gasteiger partial charge in [0, 0.05) is 23.6 Å². The van der Waals surface area contributed by atoms with Crippen molar-refractivity contribution in [3.05, 3.63) is 83.3 Å². The monoisotopic (exact) mass is 586 g/mol. The van der Waals surface area contributed by atoms with E-state index in [9.17, 15) is 4.79 Å². The number of methoxy groups -OCH3 is 2. The number of aryl methyl sites for hydroxylation is 1. The van der Waals surface area contributed by atoms with Crippen LogP contribution in [-0.4, -0.2) is 40.0 Å². The lowest BCUT2D eigenvalue weighted by Gasteiger charge is -2.14. The summed E-state index contributed by atoms with van der Waals surface area (Å²) in [5, 5.41) is 11.5. The molecule has 0 aliphatic carbocycles. The second-order valence-electron chi connectivity index (χ2n) is 10.6. The van der Waals surface area contributed by atoms with Crippen LogP contribution in [0, 0.1) is 6.92 Å². The molecule has 0 radical (unpaired) electrons. The summed E-state index contributed by atoms with van der Waals surface area (Å²) in [6, 6.07) is 17.7. The lowest BCUT2D eigenvalue weighted by molar-refractivity contribution is 0.262. The van der Waals surface area contributed by atoms with E-state index < -0.39 is 6.03 Å². The van der Waals surface area contributed by atoms with E-state index in [1.165, 1.54) is 6.33 Å². The molecule has 0 saturated carbocycles. The maximum atomic E-state index is 13.2. The molecule has 10 nitrogen and oxygen atoms in total. The van der Waals surface area contributed by atoms with Crippen molar-refractivity contribution in [2.75, 3.05) is 24.9 Å². The molecular formula is C31H31ClN6O4. The fourth-order valence-electron chi connectivity index (χ4n) is 4.31. The quantitative estimate of drug-likeness (QED) is 0.203. The first-order valence-electron chi connectivity index (χ1n) is 13.2. The maximum absolute atomic E-state index is 13.2. The normalized spacial score (nSPS) is 11.3. The zero-order valence-electron chi connectivity index (χ0n) is 24.2. The van der Waals surface area contributed by atoms with Crippen LogP contribution < -0.4 is 24.8 Å². The summed E-state index contributed by atoms with van der Waals surface area (Å²) in [5.41, 5.74) is 3.46. The second-order valence-corrected chi connectivity index (χ2v) is 11.0. The number of ether oxygens (including phenoxy) is 3. The van der Waals surface area contributed by atoms with E-state index in [4.69, 9.17) is 30.9 Å². The fraction of sp³-hybridized carbons (Fsp3) is 0.226. The molecule has 0 bridgehead atoms. The average molecular weight is 587 g/mol. The number of hydrogen-bond acceptors (Lipinski definition) is 7. The summed E-state index contributed by atoms with van der Waals surface area (Å²) >= 11 is 6.45. The molecule has 2 amide bonds. The molecule has 2 aromatic heterocycles. The minimum absolute atomic E-state index is 0.226. The number of amides is 2. The van der Waals surface area contributed by atoms with Gasteiger partial charge in [0.15, 0.2) is 11.5 Å². The zero-order chi connectivity index (χ0) is 30.0. The van der Waals surface area contributed by atoms with Gasteiger partial charge in [0.1, 0.15) is 17.9 Å².